The summed E-state index contributed by atoms with van der Waals surface area (Å²) in [6.07, 6.45) is 0. The monoisotopic (exact) mass is 241 g/mol. The minimum absolute atomic E-state index is 0.315. The largest absolute Gasteiger partial charge is 0.497 e. The molecule has 0 aliphatic heterocycles. The van der Waals surface area contributed by atoms with E-state index in [-0.39, 0.29) is 0 Å². The fourth-order valence-electron chi connectivity index (χ4n) is 1.16. The Labute approximate surface area is 100 Å². The Morgan fingerprint density at radius 1 is 1.19 bits per heavy atom. The normalized spacial score (nSPS) is 9.88. The Balaban J connectivity index is 2.82. The van der Waals surface area contributed by atoms with E-state index in [4.69, 9.17) is 32.2 Å². The van der Waals surface area contributed by atoms with Crippen molar-refractivity contribution in [3.05, 3.63) is 23.8 Å². The number of ether oxygens (including phenoxy) is 3. The van der Waals surface area contributed by atoms with Crippen LogP contribution in [-0.2, 0) is 4.74 Å². The van der Waals surface area contributed by atoms with Crippen molar-refractivity contribution in [2.24, 2.45) is 5.73 Å². The molecular formula is C11H15NO3S. The Morgan fingerprint density at radius 3 is 2.44 bits per heavy atom. The van der Waals surface area contributed by atoms with Crippen LogP contribution in [0.5, 0.6) is 11.5 Å². The van der Waals surface area contributed by atoms with Crippen LogP contribution in [-0.4, -0.2) is 32.4 Å². The average Bonchev–Trinajstić information content (AvgIpc) is 2.29. The number of thiocarbonyl (C=S) groups is 1. The van der Waals surface area contributed by atoms with Gasteiger partial charge in [-0.1, -0.05) is 12.2 Å². The number of rotatable bonds is 6. The van der Waals surface area contributed by atoms with Gasteiger partial charge < -0.3 is 19.9 Å². The van der Waals surface area contributed by atoms with Gasteiger partial charge in [0.25, 0.3) is 0 Å². The summed E-state index contributed by atoms with van der Waals surface area (Å²) in [5, 5.41) is 0. The van der Waals surface area contributed by atoms with Gasteiger partial charge in [0.2, 0.25) is 0 Å². The molecule has 0 fully saturated rings. The molecule has 1 aromatic carbocycles. The third-order valence-electron chi connectivity index (χ3n) is 1.96. The molecule has 0 spiro atoms. The summed E-state index contributed by atoms with van der Waals surface area (Å²) < 4.78 is 15.5. The van der Waals surface area contributed by atoms with Crippen LogP contribution in [0.2, 0.25) is 0 Å². The van der Waals surface area contributed by atoms with Crippen molar-refractivity contribution >= 4 is 17.2 Å². The molecule has 16 heavy (non-hydrogen) atoms. The number of benzene rings is 1. The number of hydrogen-bond donors (Lipinski definition) is 1. The van der Waals surface area contributed by atoms with E-state index in [1.165, 1.54) is 0 Å². The summed E-state index contributed by atoms with van der Waals surface area (Å²) in [7, 11) is 3.20. The zero-order valence-corrected chi connectivity index (χ0v) is 10.2. The van der Waals surface area contributed by atoms with E-state index in [0.717, 1.165) is 5.56 Å². The first-order chi connectivity index (χ1) is 7.67. The molecule has 5 heteroatoms. The van der Waals surface area contributed by atoms with Crippen LogP contribution in [0.4, 0.5) is 0 Å². The van der Waals surface area contributed by atoms with Gasteiger partial charge in [0, 0.05) is 18.7 Å². The van der Waals surface area contributed by atoms with E-state index in [9.17, 15) is 0 Å². The highest BCUT2D eigenvalue weighted by Gasteiger charge is 2.04. The first-order valence-corrected chi connectivity index (χ1v) is 5.19. The van der Waals surface area contributed by atoms with Crippen molar-refractivity contribution in [3.8, 4) is 11.5 Å². The lowest BCUT2D eigenvalue weighted by molar-refractivity contribution is 0.146. The van der Waals surface area contributed by atoms with Crippen molar-refractivity contribution in [2.45, 2.75) is 0 Å². The van der Waals surface area contributed by atoms with Gasteiger partial charge in [-0.2, -0.15) is 0 Å². The molecule has 0 saturated heterocycles. The van der Waals surface area contributed by atoms with E-state index >= 15 is 0 Å². The van der Waals surface area contributed by atoms with Gasteiger partial charge in [-0.3, -0.25) is 0 Å². The van der Waals surface area contributed by atoms with Gasteiger partial charge in [0.15, 0.2) is 0 Å². The fourth-order valence-corrected chi connectivity index (χ4v) is 1.28. The highest BCUT2D eigenvalue weighted by Crippen LogP contribution is 2.22. The molecule has 2 N–H and O–H groups in total. The van der Waals surface area contributed by atoms with Gasteiger partial charge in [-0.05, 0) is 12.1 Å². The molecule has 88 valence electrons. The van der Waals surface area contributed by atoms with Crippen LogP contribution < -0.4 is 15.2 Å². The first-order valence-electron chi connectivity index (χ1n) is 4.78. The molecule has 1 aromatic rings. The summed E-state index contributed by atoms with van der Waals surface area (Å²) in [5.74, 6) is 1.33. The molecule has 0 aliphatic carbocycles. The quantitative estimate of drug-likeness (QED) is 0.602. The van der Waals surface area contributed by atoms with Crippen molar-refractivity contribution in [1.29, 1.82) is 0 Å². The van der Waals surface area contributed by atoms with Gasteiger partial charge in [-0.25, -0.2) is 0 Å². The van der Waals surface area contributed by atoms with E-state index in [2.05, 4.69) is 0 Å². The van der Waals surface area contributed by atoms with Gasteiger partial charge >= 0.3 is 0 Å². The predicted octanol–water partition coefficient (Wildman–Crippen LogP) is 1.35. The van der Waals surface area contributed by atoms with Crippen LogP contribution in [0.1, 0.15) is 5.56 Å². The van der Waals surface area contributed by atoms with E-state index in [1.54, 1.807) is 32.4 Å². The summed E-state index contributed by atoms with van der Waals surface area (Å²) in [4.78, 5) is 0.315. The van der Waals surface area contributed by atoms with Crippen molar-refractivity contribution in [2.75, 3.05) is 27.4 Å². The van der Waals surface area contributed by atoms with Crippen molar-refractivity contribution in [1.82, 2.24) is 0 Å². The minimum atomic E-state index is 0.315. The third-order valence-corrected chi connectivity index (χ3v) is 2.19. The summed E-state index contributed by atoms with van der Waals surface area (Å²) in [6.45, 7) is 1.00. The van der Waals surface area contributed by atoms with Crippen molar-refractivity contribution in [3.63, 3.8) is 0 Å². The highest BCUT2D eigenvalue weighted by molar-refractivity contribution is 7.80. The van der Waals surface area contributed by atoms with E-state index < -0.39 is 0 Å². The maximum Gasteiger partial charge on any atom is 0.123 e. The number of hydrogen-bond acceptors (Lipinski definition) is 4. The van der Waals surface area contributed by atoms with E-state index in [0.29, 0.717) is 29.7 Å². The second kappa shape index (κ2) is 6.30. The SMILES string of the molecule is COCCOc1cc(OC)cc(C(N)=S)c1. The molecule has 0 heterocycles. The molecule has 0 unspecified atom stereocenters. The lowest BCUT2D eigenvalue weighted by Crippen LogP contribution is -2.10. The van der Waals surface area contributed by atoms with Gasteiger partial charge in [0.05, 0.1) is 13.7 Å². The molecule has 0 aromatic heterocycles. The molecule has 0 bridgehead atoms. The predicted molar refractivity (Wildman–Crippen MR) is 66.3 cm³/mol. The molecule has 0 atom stereocenters. The highest BCUT2D eigenvalue weighted by atomic mass is 32.1. The Morgan fingerprint density at radius 2 is 1.88 bits per heavy atom. The fraction of sp³-hybridized carbons (Fsp3) is 0.364. The standard InChI is InChI=1S/C11H15NO3S/c1-13-3-4-15-10-6-8(11(12)16)5-9(7-10)14-2/h5-7H,3-4H2,1-2H3,(H2,12,16). The Hall–Kier alpha value is -1.33. The van der Waals surface area contributed by atoms with Crippen LogP contribution in [0, 0.1) is 0 Å². The smallest absolute Gasteiger partial charge is 0.123 e. The van der Waals surface area contributed by atoms with Crippen LogP contribution >= 0.6 is 12.2 Å². The third kappa shape index (κ3) is 3.67. The molecule has 4 nitrogen and oxygen atoms in total. The zero-order chi connectivity index (χ0) is 12.0. The minimum Gasteiger partial charge on any atom is -0.497 e. The Kier molecular flexibility index (Phi) is 5.01. The average molecular weight is 241 g/mol. The zero-order valence-electron chi connectivity index (χ0n) is 9.36. The summed E-state index contributed by atoms with van der Waals surface area (Å²) in [6, 6.07) is 5.32. The van der Waals surface area contributed by atoms with Crippen molar-refractivity contribution < 1.29 is 14.2 Å². The second-order valence-corrected chi connectivity index (χ2v) is 3.54. The number of nitrogens with two attached hydrogens (primary N) is 1. The van der Waals surface area contributed by atoms with E-state index in [1.807, 2.05) is 0 Å². The first kappa shape index (κ1) is 12.7. The maximum atomic E-state index is 5.56. The second-order valence-electron chi connectivity index (χ2n) is 3.10. The summed E-state index contributed by atoms with van der Waals surface area (Å²) in [5.41, 5.74) is 6.28. The lowest BCUT2D eigenvalue weighted by Gasteiger charge is -2.09. The molecular weight excluding hydrogens is 226 g/mol. The molecule has 0 saturated carbocycles. The van der Waals surface area contributed by atoms with Crippen LogP contribution in [0.3, 0.4) is 0 Å². The molecule has 1 rings (SSSR count). The molecule has 0 radical (unpaired) electrons. The summed E-state index contributed by atoms with van der Waals surface area (Å²) >= 11 is 4.91. The topological polar surface area (TPSA) is 53.7 Å². The maximum absolute atomic E-state index is 5.56. The molecule has 0 amide bonds. The van der Waals surface area contributed by atoms with Crippen LogP contribution in [0.25, 0.3) is 0 Å². The van der Waals surface area contributed by atoms with Crippen LogP contribution in [0.15, 0.2) is 18.2 Å². The number of methoxy groups -OCH3 is 2. The Bertz CT molecular complexity index is 368. The molecule has 0 aliphatic rings. The van der Waals surface area contributed by atoms with Gasteiger partial charge in [0.1, 0.15) is 23.1 Å². The lowest BCUT2D eigenvalue weighted by atomic mass is 10.2. The van der Waals surface area contributed by atoms with Gasteiger partial charge in [-0.15, -0.1) is 0 Å².